The van der Waals surface area contributed by atoms with Crippen molar-refractivity contribution in [2.24, 2.45) is 5.73 Å². The molecule has 1 aromatic carbocycles. The van der Waals surface area contributed by atoms with E-state index in [2.05, 4.69) is 5.32 Å². The van der Waals surface area contributed by atoms with E-state index in [0.717, 1.165) is 36.2 Å². The molecule has 1 aliphatic heterocycles. The summed E-state index contributed by atoms with van der Waals surface area (Å²) in [4.78, 5) is 24.9. The van der Waals surface area contributed by atoms with Crippen LogP contribution in [-0.2, 0) is 20.2 Å². The Labute approximate surface area is 174 Å². The van der Waals surface area contributed by atoms with Gasteiger partial charge in [0.05, 0.1) is 11.0 Å². The van der Waals surface area contributed by atoms with Gasteiger partial charge in [-0.2, -0.15) is 4.31 Å². The molecule has 4 rings (SSSR count). The number of carbonyl (C=O) groups is 2. The Kier molecular flexibility index (Phi) is 5.22. The molecule has 0 atom stereocenters. The third kappa shape index (κ3) is 3.70. The molecule has 2 heterocycles. The molecule has 7 nitrogen and oxygen atoms in total. The zero-order valence-corrected chi connectivity index (χ0v) is 17.5. The highest BCUT2D eigenvalue weighted by molar-refractivity contribution is 7.91. The summed E-state index contributed by atoms with van der Waals surface area (Å²) >= 11 is 0.893. The fraction of sp³-hybridized carbons (Fsp3) is 0.400. The van der Waals surface area contributed by atoms with Gasteiger partial charge in [0.15, 0.2) is 0 Å². The number of hydrogen-bond acceptors (Lipinski definition) is 5. The van der Waals surface area contributed by atoms with Gasteiger partial charge in [0.1, 0.15) is 9.21 Å². The van der Waals surface area contributed by atoms with Gasteiger partial charge < -0.3 is 11.1 Å². The van der Waals surface area contributed by atoms with Gasteiger partial charge in [-0.3, -0.25) is 9.59 Å². The lowest BCUT2D eigenvalue weighted by Gasteiger charge is -2.25. The van der Waals surface area contributed by atoms with Crippen LogP contribution in [0.5, 0.6) is 0 Å². The quantitative estimate of drug-likeness (QED) is 0.730. The molecule has 1 saturated heterocycles. The van der Waals surface area contributed by atoms with Crippen molar-refractivity contribution in [1.82, 2.24) is 4.31 Å². The van der Waals surface area contributed by atoms with Crippen LogP contribution in [0.15, 0.2) is 40.6 Å². The van der Waals surface area contributed by atoms with E-state index in [1.165, 1.54) is 10.4 Å². The molecule has 1 saturated carbocycles. The summed E-state index contributed by atoms with van der Waals surface area (Å²) in [6.07, 6.45) is 4.05. The van der Waals surface area contributed by atoms with E-state index in [1.54, 1.807) is 0 Å². The van der Waals surface area contributed by atoms with E-state index in [-0.39, 0.29) is 20.7 Å². The van der Waals surface area contributed by atoms with E-state index in [1.807, 2.05) is 30.3 Å². The van der Waals surface area contributed by atoms with Crippen LogP contribution < -0.4 is 11.1 Å². The van der Waals surface area contributed by atoms with Gasteiger partial charge in [0.2, 0.25) is 5.91 Å². The molecule has 1 aromatic heterocycles. The maximum Gasteiger partial charge on any atom is 0.252 e. The van der Waals surface area contributed by atoms with Crippen LogP contribution in [0.25, 0.3) is 0 Å². The van der Waals surface area contributed by atoms with Crippen molar-refractivity contribution in [3.8, 4) is 0 Å². The molecule has 3 N–H and O–H groups in total. The Morgan fingerprint density at radius 2 is 1.72 bits per heavy atom. The first-order chi connectivity index (χ1) is 13.8. The third-order valence-electron chi connectivity index (χ3n) is 5.62. The molecule has 0 bridgehead atoms. The standard InChI is InChI=1S/C20H23N3O4S2/c21-17(24)15-13-16(29(26,27)23-11-5-2-6-12-23)28-18(15)22-19(25)20(9-10-20)14-7-3-1-4-8-14/h1,3-4,7-8,13H,2,5-6,9-12H2,(H2,21,24)(H,22,25). The van der Waals surface area contributed by atoms with E-state index >= 15 is 0 Å². The minimum Gasteiger partial charge on any atom is -0.366 e. The van der Waals surface area contributed by atoms with Gasteiger partial charge >= 0.3 is 0 Å². The van der Waals surface area contributed by atoms with Crippen LogP contribution in [0.2, 0.25) is 0 Å². The highest BCUT2D eigenvalue weighted by Crippen LogP contribution is 2.49. The minimum absolute atomic E-state index is 0.0304. The van der Waals surface area contributed by atoms with E-state index in [9.17, 15) is 18.0 Å². The molecule has 2 aromatic rings. The van der Waals surface area contributed by atoms with Crippen molar-refractivity contribution >= 4 is 38.2 Å². The van der Waals surface area contributed by atoms with Crippen LogP contribution in [0.1, 0.15) is 48.0 Å². The highest BCUT2D eigenvalue weighted by Gasteiger charge is 2.51. The number of nitrogens with two attached hydrogens (primary N) is 1. The number of nitrogens with zero attached hydrogens (tertiary/aromatic N) is 1. The van der Waals surface area contributed by atoms with Crippen LogP contribution in [0.4, 0.5) is 5.00 Å². The maximum atomic E-state index is 13.0. The highest BCUT2D eigenvalue weighted by atomic mass is 32.2. The predicted molar refractivity (Wildman–Crippen MR) is 111 cm³/mol. The molecule has 29 heavy (non-hydrogen) atoms. The van der Waals surface area contributed by atoms with Gasteiger partial charge in [-0.15, -0.1) is 11.3 Å². The van der Waals surface area contributed by atoms with E-state index in [0.29, 0.717) is 25.9 Å². The number of hydrogen-bond donors (Lipinski definition) is 2. The Balaban J connectivity index is 1.63. The second-order valence-electron chi connectivity index (χ2n) is 7.54. The number of nitrogens with one attached hydrogen (secondary N) is 1. The van der Waals surface area contributed by atoms with Crippen molar-refractivity contribution in [2.75, 3.05) is 18.4 Å². The molecular formula is C20H23N3O4S2. The molecule has 2 aliphatic rings. The average Bonchev–Trinajstić information content (AvgIpc) is 3.43. The van der Waals surface area contributed by atoms with Crippen LogP contribution >= 0.6 is 11.3 Å². The molecule has 0 radical (unpaired) electrons. The second kappa shape index (κ2) is 7.55. The van der Waals surface area contributed by atoms with Crippen molar-refractivity contribution in [1.29, 1.82) is 0 Å². The van der Waals surface area contributed by atoms with Crippen molar-refractivity contribution in [3.05, 3.63) is 47.5 Å². The number of anilines is 1. The smallest absolute Gasteiger partial charge is 0.252 e. The summed E-state index contributed by atoms with van der Waals surface area (Å²) in [5, 5.41) is 2.98. The summed E-state index contributed by atoms with van der Waals surface area (Å²) in [5.74, 6) is -1.00. The maximum absolute atomic E-state index is 13.0. The van der Waals surface area contributed by atoms with Gasteiger partial charge in [-0.25, -0.2) is 8.42 Å². The number of carbonyl (C=O) groups excluding carboxylic acids is 2. The summed E-state index contributed by atoms with van der Waals surface area (Å²) in [6, 6.07) is 10.7. The fourth-order valence-corrected chi connectivity index (χ4v) is 6.79. The zero-order valence-electron chi connectivity index (χ0n) is 15.9. The third-order valence-corrected chi connectivity index (χ3v) is 9.02. The van der Waals surface area contributed by atoms with Gasteiger partial charge in [0, 0.05) is 13.1 Å². The summed E-state index contributed by atoms with van der Waals surface area (Å²) in [6.45, 7) is 0.926. The summed E-state index contributed by atoms with van der Waals surface area (Å²) in [7, 11) is -3.71. The molecule has 0 unspecified atom stereocenters. The van der Waals surface area contributed by atoms with E-state index < -0.39 is 21.3 Å². The van der Waals surface area contributed by atoms with Gasteiger partial charge in [0.25, 0.3) is 15.9 Å². The van der Waals surface area contributed by atoms with Gasteiger partial charge in [-0.1, -0.05) is 36.8 Å². The topological polar surface area (TPSA) is 110 Å². The number of benzene rings is 1. The fourth-order valence-electron chi connectivity index (χ4n) is 3.76. The first-order valence-corrected chi connectivity index (χ1v) is 11.9. The lowest BCUT2D eigenvalue weighted by Crippen LogP contribution is -2.35. The van der Waals surface area contributed by atoms with Crippen LogP contribution in [0.3, 0.4) is 0 Å². The Bertz CT molecular complexity index is 1040. The molecule has 0 spiro atoms. The Morgan fingerprint density at radius 3 is 2.31 bits per heavy atom. The SMILES string of the molecule is NC(=O)c1cc(S(=O)(=O)N2CCCCC2)sc1NC(=O)C1(c2ccccc2)CC1. The number of thiophene rings is 1. The van der Waals surface area contributed by atoms with Crippen molar-refractivity contribution in [2.45, 2.75) is 41.7 Å². The lowest BCUT2D eigenvalue weighted by atomic mass is 9.95. The second-order valence-corrected chi connectivity index (χ2v) is 10.8. The first-order valence-electron chi connectivity index (χ1n) is 9.65. The van der Waals surface area contributed by atoms with E-state index in [4.69, 9.17) is 5.73 Å². The van der Waals surface area contributed by atoms with Crippen LogP contribution in [-0.4, -0.2) is 37.6 Å². The number of piperidine rings is 1. The number of primary amides is 1. The molecule has 2 amide bonds. The normalized spacial score (nSPS) is 18.9. The minimum atomic E-state index is -3.71. The number of sulfonamides is 1. The summed E-state index contributed by atoms with van der Waals surface area (Å²) < 4.78 is 27.4. The Morgan fingerprint density at radius 1 is 1.07 bits per heavy atom. The predicted octanol–water partition coefficient (Wildman–Crippen LogP) is 2.69. The molecular weight excluding hydrogens is 410 g/mol. The Hall–Kier alpha value is -2.23. The van der Waals surface area contributed by atoms with Crippen LogP contribution in [0, 0.1) is 0 Å². The largest absolute Gasteiger partial charge is 0.366 e. The monoisotopic (exact) mass is 433 g/mol. The van der Waals surface area contributed by atoms with Gasteiger partial charge in [-0.05, 0) is 37.3 Å². The van der Waals surface area contributed by atoms with Crippen molar-refractivity contribution < 1.29 is 18.0 Å². The number of rotatable bonds is 6. The van der Waals surface area contributed by atoms with Crippen molar-refractivity contribution in [3.63, 3.8) is 0 Å². The molecule has 9 heteroatoms. The molecule has 2 fully saturated rings. The zero-order chi connectivity index (χ0) is 20.6. The molecule has 154 valence electrons. The number of amides is 2. The average molecular weight is 434 g/mol. The molecule has 1 aliphatic carbocycles. The first kappa shape index (κ1) is 20.1. The summed E-state index contributed by atoms with van der Waals surface area (Å²) in [5.41, 5.74) is 5.78. The lowest BCUT2D eigenvalue weighted by molar-refractivity contribution is -0.118.